The second kappa shape index (κ2) is 7.79. The van der Waals surface area contributed by atoms with Gasteiger partial charge in [-0.3, -0.25) is 0 Å². The Labute approximate surface area is 101 Å². The van der Waals surface area contributed by atoms with Crippen LogP contribution in [-0.4, -0.2) is 0 Å². The third-order valence-electron chi connectivity index (χ3n) is 0.971. The van der Waals surface area contributed by atoms with Crippen LogP contribution in [0, 0.1) is 0 Å². The molecule has 64 valence electrons. The molecule has 0 bridgehead atoms. The zero-order valence-corrected chi connectivity index (χ0v) is 10.9. The van der Waals surface area contributed by atoms with Crippen LogP contribution in [0.4, 0.5) is 0 Å². The predicted molar refractivity (Wildman–Crippen MR) is 73.7 cm³/mol. The molecule has 0 aromatic rings. The average molecular weight is 384 g/mol. The summed E-state index contributed by atoms with van der Waals surface area (Å²) in [5.74, 6) is 0. The van der Waals surface area contributed by atoms with E-state index in [1.807, 2.05) is 30.4 Å². The molecule has 0 saturated carbocycles. The first-order chi connectivity index (χ1) is 5.68. The van der Waals surface area contributed by atoms with E-state index < -0.39 is 0 Å². The molecule has 0 aliphatic carbocycles. The number of halogens is 2. The van der Waals surface area contributed by atoms with Crippen molar-refractivity contribution in [1.82, 2.24) is 0 Å². The van der Waals surface area contributed by atoms with Gasteiger partial charge in [-0.2, -0.15) is 0 Å². The minimum atomic E-state index is 1.06. The number of hydrogen-bond acceptors (Lipinski definition) is 0. The summed E-state index contributed by atoms with van der Waals surface area (Å²) in [6, 6.07) is 0. The third kappa shape index (κ3) is 6.84. The maximum atomic E-state index is 3.81. The first-order valence-electron chi connectivity index (χ1n) is 3.35. The smallest absolute Gasteiger partial charge is 0.0257 e. The summed E-state index contributed by atoms with van der Waals surface area (Å²) in [5.41, 5.74) is 0. The van der Waals surface area contributed by atoms with Crippen LogP contribution in [0.25, 0.3) is 0 Å². The Hall–Kier alpha value is 0.160. The van der Waals surface area contributed by atoms with Crippen molar-refractivity contribution < 1.29 is 0 Å². The molecule has 0 nitrogen and oxygen atoms in total. The highest BCUT2D eigenvalue weighted by Gasteiger charge is 1.88. The molecule has 0 spiro atoms. The fourth-order valence-corrected chi connectivity index (χ4v) is 0.825. The Kier molecular flexibility index (Phi) is 7.89. The molecule has 0 aliphatic heterocycles. The Morgan fingerprint density at radius 2 is 1.58 bits per heavy atom. The summed E-state index contributed by atoms with van der Waals surface area (Å²) in [4.78, 5) is 0. The van der Waals surface area contributed by atoms with E-state index in [9.17, 15) is 0 Å². The number of rotatable bonds is 4. The van der Waals surface area contributed by atoms with Gasteiger partial charge < -0.3 is 0 Å². The molecule has 0 aromatic heterocycles. The topological polar surface area (TPSA) is 0 Å². The normalized spacial score (nSPS) is 12.7. The summed E-state index contributed by atoms with van der Waals surface area (Å²) in [6.45, 7) is 7.38. The molecule has 0 radical (unpaired) electrons. The van der Waals surface area contributed by atoms with Gasteiger partial charge in [0.25, 0.3) is 0 Å². The standard InChI is InChI=1S/C10H10I2/c1-3-4-5-6-7-8-10(12)9(2)11/h3-8H,1-2H2/b5-4+,7-6-,10-8-. The lowest BCUT2D eigenvalue weighted by Gasteiger charge is -1.89. The van der Waals surface area contributed by atoms with Gasteiger partial charge in [0, 0.05) is 7.16 Å². The lowest BCUT2D eigenvalue weighted by molar-refractivity contribution is 1.86. The van der Waals surface area contributed by atoms with Gasteiger partial charge in [0.15, 0.2) is 0 Å². The molecule has 0 rings (SSSR count). The van der Waals surface area contributed by atoms with E-state index in [4.69, 9.17) is 0 Å². The van der Waals surface area contributed by atoms with Crippen LogP contribution >= 0.6 is 45.2 Å². The van der Waals surface area contributed by atoms with E-state index in [2.05, 4.69) is 58.3 Å². The highest BCUT2D eigenvalue weighted by Crippen LogP contribution is 2.21. The largest absolute Gasteiger partial charge is 0.0991 e. The molecular weight excluding hydrogens is 374 g/mol. The van der Waals surface area contributed by atoms with Gasteiger partial charge in [-0.15, -0.1) is 0 Å². The highest BCUT2D eigenvalue weighted by atomic mass is 127. The molecular formula is C10H10I2. The Morgan fingerprint density at radius 3 is 2.08 bits per heavy atom. The van der Waals surface area contributed by atoms with Gasteiger partial charge in [-0.1, -0.05) is 43.5 Å². The van der Waals surface area contributed by atoms with E-state index in [-0.39, 0.29) is 0 Å². The van der Waals surface area contributed by atoms with Crippen molar-refractivity contribution in [3.63, 3.8) is 0 Å². The maximum absolute atomic E-state index is 3.81. The lowest BCUT2D eigenvalue weighted by Crippen LogP contribution is -1.63. The van der Waals surface area contributed by atoms with E-state index in [1.54, 1.807) is 6.08 Å². The van der Waals surface area contributed by atoms with Crippen molar-refractivity contribution >= 4 is 45.2 Å². The van der Waals surface area contributed by atoms with Gasteiger partial charge in [0.05, 0.1) is 0 Å². The Bertz CT molecular complexity index is 245. The zero-order valence-electron chi connectivity index (χ0n) is 6.63. The summed E-state index contributed by atoms with van der Waals surface area (Å²) in [6.07, 6.45) is 11.5. The van der Waals surface area contributed by atoms with Crippen molar-refractivity contribution in [2.75, 3.05) is 0 Å². The second-order valence-electron chi connectivity index (χ2n) is 1.93. The number of allylic oxidation sites excluding steroid dienone is 8. The first kappa shape index (κ1) is 12.2. The van der Waals surface area contributed by atoms with Gasteiger partial charge in [0.2, 0.25) is 0 Å². The highest BCUT2D eigenvalue weighted by molar-refractivity contribution is 14.1. The van der Waals surface area contributed by atoms with E-state index in [1.165, 1.54) is 0 Å². The SMILES string of the molecule is C=C/C=C/C=C\C=C(/I)C(=C)I. The predicted octanol–water partition coefficient (Wildman–Crippen LogP) is 4.55. The van der Waals surface area contributed by atoms with Crippen LogP contribution in [0.5, 0.6) is 0 Å². The Balaban J connectivity index is 4.03. The van der Waals surface area contributed by atoms with Gasteiger partial charge in [0.1, 0.15) is 0 Å². The maximum Gasteiger partial charge on any atom is 0.0257 e. The van der Waals surface area contributed by atoms with Crippen molar-refractivity contribution in [2.24, 2.45) is 0 Å². The molecule has 0 N–H and O–H groups in total. The van der Waals surface area contributed by atoms with Crippen LogP contribution in [-0.2, 0) is 0 Å². The minimum absolute atomic E-state index is 1.06. The van der Waals surface area contributed by atoms with Crippen molar-refractivity contribution in [2.45, 2.75) is 0 Å². The average Bonchev–Trinajstić information content (AvgIpc) is 2.03. The fraction of sp³-hybridized carbons (Fsp3) is 0. The van der Waals surface area contributed by atoms with Crippen molar-refractivity contribution in [3.05, 3.63) is 56.8 Å². The van der Waals surface area contributed by atoms with Gasteiger partial charge in [-0.25, -0.2) is 0 Å². The van der Waals surface area contributed by atoms with E-state index in [0.29, 0.717) is 0 Å². The fourth-order valence-electron chi connectivity index (χ4n) is 0.437. The molecule has 0 heterocycles. The number of hydrogen-bond donors (Lipinski definition) is 0. The van der Waals surface area contributed by atoms with E-state index in [0.717, 1.165) is 7.16 Å². The molecule has 0 aromatic carbocycles. The molecule has 0 aliphatic rings. The Morgan fingerprint density at radius 1 is 1.00 bits per heavy atom. The van der Waals surface area contributed by atoms with Crippen molar-refractivity contribution in [3.8, 4) is 0 Å². The molecule has 0 amide bonds. The van der Waals surface area contributed by atoms with Crippen LogP contribution in [0.15, 0.2) is 56.8 Å². The van der Waals surface area contributed by atoms with Crippen LogP contribution in [0.3, 0.4) is 0 Å². The molecule has 12 heavy (non-hydrogen) atoms. The van der Waals surface area contributed by atoms with Crippen molar-refractivity contribution in [1.29, 1.82) is 0 Å². The molecule has 0 fully saturated rings. The summed E-state index contributed by atoms with van der Waals surface area (Å²) >= 11 is 4.45. The summed E-state index contributed by atoms with van der Waals surface area (Å²) in [5, 5.41) is 0. The van der Waals surface area contributed by atoms with Crippen LogP contribution in [0.2, 0.25) is 0 Å². The summed E-state index contributed by atoms with van der Waals surface area (Å²) in [7, 11) is 0. The molecule has 0 unspecified atom stereocenters. The molecule has 2 heteroatoms. The third-order valence-corrected chi connectivity index (χ3v) is 3.59. The monoisotopic (exact) mass is 384 g/mol. The lowest BCUT2D eigenvalue weighted by atomic mass is 10.4. The van der Waals surface area contributed by atoms with Crippen LogP contribution < -0.4 is 0 Å². The second-order valence-corrected chi connectivity index (χ2v) is 4.39. The summed E-state index contributed by atoms with van der Waals surface area (Å²) < 4.78 is 2.22. The molecule has 0 saturated heterocycles. The van der Waals surface area contributed by atoms with Gasteiger partial charge in [-0.05, 0) is 51.3 Å². The van der Waals surface area contributed by atoms with Crippen LogP contribution in [0.1, 0.15) is 0 Å². The quantitative estimate of drug-likeness (QED) is 0.493. The van der Waals surface area contributed by atoms with Gasteiger partial charge >= 0.3 is 0 Å². The first-order valence-corrected chi connectivity index (χ1v) is 5.50. The van der Waals surface area contributed by atoms with E-state index >= 15 is 0 Å². The zero-order chi connectivity index (χ0) is 9.40. The minimum Gasteiger partial charge on any atom is -0.0991 e. The molecule has 0 atom stereocenters.